The highest BCUT2D eigenvalue weighted by atomic mass is 16.3. The van der Waals surface area contributed by atoms with Crippen molar-refractivity contribution in [1.82, 2.24) is 4.90 Å². The Morgan fingerprint density at radius 1 is 1.13 bits per heavy atom. The Balaban J connectivity index is 2.28. The maximum atomic E-state index is 9.69. The fourth-order valence-corrected chi connectivity index (χ4v) is 2.33. The molecule has 1 saturated carbocycles. The number of nitrogens with zero attached hydrogens (tertiary/aromatic N) is 1. The van der Waals surface area contributed by atoms with Gasteiger partial charge in [0.25, 0.3) is 0 Å². The first-order valence-electron chi connectivity index (χ1n) is 6.42. The van der Waals surface area contributed by atoms with Crippen molar-refractivity contribution in [2.45, 2.75) is 70.4 Å². The lowest BCUT2D eigenvalue weighted by atomic mass is 10.0. The number of hydrogen-bond acceptors (Lipinski definition) is 2. The van der Waals surface area contributed by atoms with Crippen molar-refractivity contribution in [2.75, 3.05) is 13.6 Å². The summed E-state index contributed by atoms with van der Waals surface area (Å²) in [6.07, 6.45) is 9.17. The van der Waals surface area contributed by atoms with Crippen LogP contribution in [-0.4, -0.2) is 35.2 Å². The van der Waals surface area contributed by atoms with Crippen LogP contribution in [0.2, 0.25) is 0 Å². The molecule has 2 nitrogen and oxygen atoms in total. The van der Waals surface area contributed by atoms with Crippen LogP contribution in [0.25, 0.3) is 0 Å². The van der Waals surface area contributed by atoms with Crippen LogP contribution in [0, 0.1) is 0 Å². The van der Waals surface area contributed by atoms with Gasteiger partial charge < -0.3 is 10.0 Å². The Kier molecular flexibility index (Phi) is 5.07. The molecule has 0 bridgehead atoms. The molecule has 0 unspecified atom stereocenters. The molecule has 0 aromatic carbocycles. The summed E-state index contributed by atoms with van der Waals surface area (Å²) in [6, 6.07) is 0.759. The molecule has 90 valence electrons. The van der Waals surface area contributed by atoms with Gasteiger partial charge in [-0.3, -0.25) is 0 Å². The number of aliphatic hydroxyl groups is 1. The lowest BCUT2D eigenvalue weighted by molar-refractivity contribution is 0.0544. The molecule has 0 heterocycles. The first kappa shape index (κ1) is 13.0. The first-order chi connectivity index (χ1) is 6.99. The fourth-order valence-electron chi connectivity index (χ4n) is 2.33. The Morgan fingerprint density at radius 3 is 2.13 bits per heavy atom. The molecular weight excluding hydrogens is 186 g/mol. The van der Waals surface area contributed by atoms with E-state index in [9.17, 15) is 5.11 Å². The zero-order chi connectivity index (χ0) is 11.3. The predicted molar refractivity (Wildman–Crippen MR) is 65.0 cm³/mol. The summed E-state index contributed by atoms with van der Waals surface area (Å²) in [5.74, 6) is 0. The molecule has 0 amide bonds. The van der Waals surface area contributed by atoms with Gasteiger partial charge in [0.05, 0.1) is 5.60 Å². The fraction of sp³-hybridized carbons (Fsp3) is 1.00. The number of hydrogen-bond donors (Lipinski definition) is 1. The van der Waals surface area contributed by atoms with Crippen molar-refractivity contribution in [3.63, 3.8) is 0 Å². The molecule has 0 aromatic heterocycles. The van der Waals surface area contributed by atoms with E-state index in [1.807, 2.05) is 13.8 Å². The van der Waals surface area contributed by atoms with Crippen LogP contribution in [0.5, 0.6) is 0 Å². The third-order valence-corrected chi connectivity index (χ3v) is 3.52. The van der Waals surface area contributed by atoms with E-state index in [2.05, 4.69) is 11.9 Å². The van der Waals surface area contributed by atoms with Gasteiger partial charge >= 0.3 is 0 Å². The van der Waals surface area contributed by atoms with E-state index in [1.54, 1.807) is 0 Å². The van der Waals surface area contributed by atoms with E-state index in [4.69, 9.17) is 0 Å². The van der Waals surface area contributed by atoms with Crippen molar-refractivity contribution in [3.8, 4) is 0 Å². The average Bonchev–Trinajstić information content (AvgIpc) is 2.41. The molecule has 2 heteroatoms. The Hall–Kier alpha value is -0.0800. The van der Waals surface area contributed by atoms with Gasteiger partial charge in [0.1, 0.15) is 0 Å². The van der Waals surface area contributed by atoms with Crippen LogP contribution >= 0.6 is 0 Å². The largest absolute Gasteiger partial charge is 0.390 e. The van der Waals surface area contributed by atoms with Crippen molar-refractivity contribution in [2.24, 2.45) is 0 Å². The van der Waals surface area contributed by atoms with Crippen LogP contribution in [0.3, 0.4) is 0 Å². The van der Waals surface area contributed by atoms with Crippen LogP contribution in [0.4, 0.5) is 0 Å². The van der Waals surface area contributed by atoms with Crippen LogP contribution in [-0.2, 0) is 0 Å². The quantitative estimate of drug-likeness (QED) is 0.726. The Morgan fingerprint density at radius 2 is 1.67 bits per heavy atom. The number of rotatable bonds is 4. The van der Waals surface area contributed by atoms with Crippen LogP contribution in [0.15, 0.2) is 0 Å². The standard InChI is InChI=1S/C13H27NO/c1-13(2,15)10-11-14(3)12-8-6-4-5-7-9-12/h12,15H,4-11H2,1-3H3. The molecule has 1 aliphatic rings. The Labute approximate surface area is 94.7 Å². The lowest BCUT2D eigenvalue weighted by Gasteiger charge is -2.29. The second-order valence-corrected chi connectivity index (χ2v) is 5.69. The molecule has 0 spiro atoms. The molecule has 0 saturated heterocycles. The van der Waals surface area contributed by atoms with Gasteiger partial charge in [0.2, 0.25) is 0 Å². The summed E-state index contributed by atoms with van der Waals surface area (Å²) in [7, 11) is 2.21. The lowest BCUT2D eigenvalue weighted by Crippen LogP contribution is -2.35. The maximum Gasteiger partial charge on any atom is 0.0603 e. The molecular formula is C13H27NO. The summed E-state index contributed by atoms with van der Waals surface area (Å²) < 4.78 is 0. The third-order valence-electron chi connectivity index (χ3n) is 3.52. The van der Waals surface area contributed by atoms with Gasteiger partial charge in [-0.05, 0) is 40.2 Å². The second-order valence-electron chi connectivity index (χ2n) is 5.69. The topological polar surface area (TPSA) is 23.5 Å². The predicted octanol–water partition coefficient (Wildman–Crippen LogP) is 2.80. The molecule has 0 aliphatic heterocycles. The molecule has 1 rings (SSSR count). The van der Waals surface area contributed by atoms with E-state index in [1.165, 1.54) is 38.5 Å². The SMILES string of the molecule is CN(CCC(C)(C)O)C1CCCCCC1. The zero-order valence-corrected chi connectivity index (χ0v) is 10.6. The van der Waals surface area contributed by atoms with E-state index in [-0.39, 0.29) is 0 Å². The van der Waals surface area contributed by atoms with Gasteiger partial charge in [0.15, 0.2) is 0 Å². The minimum Gasteiger partial charge on any atom is -0.390 e. The molecule has 0 radical (unpaired) electrons. The molecule has 0 aromatic rings. The van der Waals surface area contributed by atoms with Gasteiger partial charge in [0, 0.05) is 12.6 Å². The third kappa shape index (κ3) is 5.53. The summed E-state index contributed by atoms with van der Waals surface area (Å²) in [5.41, 5.74) is -0.515. The van der Waals surface area contributed by atoms with Gasteiger partial charge in [-0.15, -0.1) is 0 Å². The molecule has 0 atom stereocenters. The smallest absolute Gasteiger partial charge is 0.0603 e. The molecule has 1 N–H and O–H groups in total. The van der Waals surface area contributed by atoms with Gasteiger partial charge in [-0.2, -0.15) is 0 Å². The Bertz CT molecular complexity index is 166. The van der Waals surface area contributed by atoms with Crippen molar-refractivity contribution < 1.29 is 5.11 Å². The van der Waals surface area contributed by atoms with Crippen molar-refractivity contribution >= 4 is 0 Å². The van der Waals surface area contributed by atoms with Crippen molar-refractivity contribution in [1.29, 1.82) is 0 Å². The molecule has 1 fully saturated rings. The first-order valence-corrected chi connectivity index (χ1v) is 6.42. The van der Waals surface area contributed by atoms with E-state index >= 15 is 0 Å². The molecule has 15 heavy (non-hydrogen) atoms. The van der Waals surface area contributed by atoms with Gasteiger partial charge in [-0.1, -0.05) is 25.7 Å². The summed E-state index contributed by atoms with van der Waals surface area (Å²) in [4.78, 5) is 2.45. The van der Waals surface area contributed by atoms with E-state index in [0.29, 0.717) is 0 Å². The minimum absolute atomic E-state index is 0.515. The highest BCUT2D eigenvalue weighted by Crippen LogP contribution is 2.21. The van der Waals surface area contributed by atoms with Crippen LogP contribution < -0.4 is 0 Å². The maximum absolute atomic E-state index is 9.69. The minimum atomic E-state index is -0.515. The van der Waals surface area contributed by atoms with Crippen LogP contribution in [0.1, 0.15) is 58.8 Å². The highest BCUT2D eigenvalue weighted by molar-refractivity contribution is 4.75. The monoisotopic (exact) mass is 213 g/mol. The van der Waals surface area contributed by atoms with Crippen molar-refractivity contribution in [3.05, 3.63) is 0 Å². The van der Waals surface area contributed by atoms with E-state index < -0.39 is 5.60 Å². The second kappa shape index (κ2) is 5.86. The van der Waals surface area contributed by atoms with E-state index in [0.717, 1.165) is 19.0 Å². The summed E-state index contributed by atoms with van der Waals surface area (Å²) >= 11 is 0. The summed E-state index contributed by atoms with van der Waals surface area (Å²) in [6.45, 7) is 4.82. The normalized spacial score (nSPS) is 20.6. The molecule has 1 aliphatic carbocycles. The van der Waals surface area contributed by atoms with Gasteiger partial charge in [-0.25, -0.2) is 0 Å². The summed E-state index contributed by atoms with van der Waals surface area (Å²) in [5, 5.41) is 9.69. The highest BCUT2D eigenvalue weighted by Gasteiger charge is 2.19. The average molecular weight is 213 g/mol. The zero-order valence-electron chi connectivity index (χ0n) is 10.6.